The monoisotopic (exact) mass is 491 g/mol. The van der Waals surface area contributed by atoms with Crippen LogP contribution in [0.1, 0.15) is 31.7 Å². The number of amides is 1. The molecule has 29 heavy (non-hydrogen) atoms. The summed E-state index contributed by atoms with van der Waals surface area (Å²) in [5.41, 5.74) is 1.19. The first-order valence-corrected chi connectivity index (χ1v) is 11.6. The molecule has 0 saturated heterocycles. The van der Waals surface area contributed by atoms with Crippen LogP contribution in [0.25, 0.3) is 10.9 Å². The summed E-state index contributed by atoms with van der Waals surface area (Å²) < 4.78 is 2.63. The molecular formula is C21H19BrClN3O2S. The summed E-state index contributed by atoms with van der Waals surface area (Å²) in [5, 5.41) is 4.50. The lowest BCUT2D eigenvalue weighted by Gasteiger charge is -2.18. The molecule has 0 spiro atoms. The van der Waals surface area contributed by atoms with E-state index in [2.05, 4.69) is 21.2 Å². The number of carbonyl (C=O) groups is 1. The van der Waals surface area contributed by atoms with Crippen LogP contribution < -0.4 is 10.9 Å². The molecule has 0 bridgehead atoms. The zero-order chi connectivity index (χ0) is 20.4. The molecule has 8 heteroatoms. The smallest absolute Gasteiger partial charge is 0.262 e. The van der Waals surface area contributed by atoms with E-state index in [4.69, 9.17) is 16.6 Å². The van der Waals surface area contributed by atoms with Crippen molar-refractivity contribution in [2.75, 3.05) is 11.1 Å². The highest BCUT2D eigenvalue weighted by atomic mass is 79.9. The SMILES string of the molecule is O=C(CSc1nc2ccccc2c(=O)n1C1CCCC1)Nc1ccc(Br)cc1Cl. The Labute approximate surface area is 186 Å². The lowest BCUT2D eigenvalue weighted by molar-refractivity contribution is -0.113. The third kappa shape index (κ3) is 4.52. The van der Waals surface area contributed by atoms with Gasteiger partial charge in [0.15, 0.2) is 5.16 Å². The molecule has 0 aliphatic heterocycles. The molecule has 1 aliphatic rings. The predicted molar refractivity (Wildman–Crippen MR) is 122 cm³/mol. The van der Waals surface area contributed by atoms with Crippen molar-refractivity contribution in [2.45, 2.75) is 36.9 Å². The first kappa shape index (κ1) is 20.4. The van der Waals surface area contributed by atoms with Crippen molar-refractivity contribution in [3.05, 3.63) is 62.3 Å². The van der Waals surface area contributed by atoms with Gasteiger partial charge < -0.3 is 5.32 Å². The van der Waals surface area contributed by atoms with Crippen molar-refractivity contribution < 1.29 is 4.79 Å². The molecule has 2 aromatic carbocycles. The molecule has 1 fully saturated rings. The van der Waals surface area contributed by atoms with E-state index < -0.39 is 0 Å². The number of fused-ring (bicyclic) bond motifs is 1. The maximum absolute atomic E-state index is 13.1. The predicted octanol–water partition coefficient (Wildman–Crippen LogP) is 5.66. The highest BCUT2D eigenvalue weighted by Crippen LogP contribution is 2.32. The Morgan fingerprint density at radius 2 is 2.00 bits per heavy atom. The third-order valence-electron chi connectivity index (χ3n) is 5.00. The fourth-order valence-corrected chi connectivity index (χ4v) is 5.21. The lowest BCUT2D eigenvalue weighted by atomic mass is 10.2. The molecule has 1 aromatic heterocycles. The molecule has 1 amide bonds. The maximum Gasteiger partial charge on any atom is 0.262 e. The Bertz CT molecular complexity index is 1130. The summed E-state index contributed by atoms with van der Waals surface area (Å²) in [6.07, 6.45) is 4.15. The van der Waals surface area contributed by atoms with Gasteiger partial charge in [0.2, 0.25) is 5.91 Å². The quantitative estimate of drug-likeness (QED) is 0.369. The number of para-hydroxylation sites is 1. The van der Waals surface area contributed by atoms with Crippen molar-refractivity contribution in [1.82, 2.24) is 9.55 Å². The first-order valence-electron chi connectivity index (χ1n) is 9.42. The summed E-state index contributed by atoms with van der Waals surface area (Å²) in [6.45, 7) is 0. The molecule has 150 valence electrons. The van der Waals surface area contributed by atoms with Gasteiger partial charge in [0.05, 0.1) is 27.4 Å². The molecule has 1 aliphatic carbocycles. The van der Waals surface area contributed by atoms with Crippen LogP contribution in [0.3, 0.4) is 0 Å². The minimum atomic E-state index is -0.195. The van der Waals surface area contributed by atoms with E-state index in [1.807, 2.05) is 30.3 Å². The molecule has 1 heterocycles. The number of rotatable bonds is 5. The summed E-state index contributed by atoms with van der Waals surface area (Å²) in [7, 11) is 0. The maximum atomic E-state index is 13.1. The van der Waals surface area contributed by atoms with Crippen LogP contribution >= 0.6 is 39.3 Å². The second kappa shape index (κ2) is 8.90. The Morgan fingerprint density at radius 1 is 1.24 bits per heavy atom. The van der Waals surface area contributed by atoms with Crippen LogP contribution in [0.15, 0.2) is 56.9 Å². The van der Waals surface area contributed by atoms with Crippen LogP contribution in [0.5, 0.6) is 0 Å². The standard InChI is InChI=1S/C21H19BrClN3O2S/c22-13-9-10-18(16(23)11-13)24-19(27)12-29-21-25-17-8-4-3-7-15(17)20(28)26(21)14-5-1-2-6-14/h3-4,7-11,14H,1-2,5-6,12H2,(H,24,27). The number of anilines is 1. The number of nitrogens with one attached hydrogen (secondary N) is 1. The van der Waals surface area contributed by atoms with E-state index in [0.29, 0.717) is 26.8 Å². The van der Waals surface area contributed by atoms with Gasteiger partial charge in [-0.1, -0.05) is 64.3 Å². The molecular weight excluding hydrogens is 474 g/mol. The van der Waals surface area contributed by atoms with Gasteiger partial charge in [-0.3, -0.25) is 14.2 Å². The van der Waals surface area contributed by atoms with Crippen molar-refractivity contribution in [2.24, 2.45) is 0 Å². The van der Waals surface area contributed by atoms with Gasteiger partial charge in [0.25, 0.3) is 5.56 Å². The topological polar surface area (TPSA) is 64.0 Å². The number of carbonyl (C=O) groups excluding carboxylic acids is 1. The first-order chi connectivity index (χ1) is 14.0. The van der Waals surface area contributed by atoms with Crippen molar-refractivity contribution >= 4 is 61.8 Å². The van der Waals surface area contributed by atoms with Gasteiger partial charge in [-0.15, -0.1) is 0 Å². The summed E-state index contributed by atoms with van der Waals surface area (Å²) in [5.74, 6) is -0.0521. The van der Waals surface area contributed by atoms with E-state index in [1.165, 1.54) is 11.8 Å². The number of halogens is 2. The van der Waals surface area contributed by atoms with Gasteiger partial charge in [0, 0.05) is 10.5 Å². The average Bonchev–Trinajstić information content (AvgIpc) is 3.23. The van der Waals surface area contributed by atoms with Crippen LogP contribution in [0.2, 0.25) is 5.02 Å². The van der Waals surface area contributed by atoms with Crippen molar-refractivity contribution in [3.63, 3.8) is 0 Å². The second-order valence-corrected chi connectivity index (χ2v) is 9.25. The highest BCUT2D eigenvalue weighted by molar-refractivity contribution is 9.10. The van der Waals surface area contributed by atoms with Gasteiger partial charge in [0.1, 0.15) is 0 Å². The van der Waals surface area contributed by atoms with E-state index in [0.717, 1.165) is 30.2 Å². The minimum Gasteiger partial charge on any atom is -0.324 e. The van der Waals surface area contributed by atoms with Crippen LogP contribution in [-0.2, 0) is 4.79 Å². The van der Waals surface area contributed by atoms with Crippen molar-refractivity contribution in [3.8, 4) is 0 Å². The minimum absolute atomic E-state index is 0.0265. The highest BCUT2D eigenvalue weighted by Gasteiger charge is 2.23. The van der Waals surface area contributed by atoms with E-state index in [-0.39, 0.29) is 23.3 Å². The third-order valence-corrected chi connectivity index (χ3v) is 6.76. The Kier molecular flexibility index (Phi) is 6.27. The van der Waals surface area contributed by atoms with Crippen LogP contribution in [0.4, 0.5) is 5.69 Å². The summed E-state index contributed by atoms with van der Waals surface area (Å²) >= 11 is 10.8. The van der Waals surface area contributed by atoms with E-state index in [1.54, 1.807) is 16.7 Å². The molecule has 5 nitrogen and oxygen atoms in total. The molecule has 0 unspecified atom stereocenters. The summed E-state index contributed by atoms with van der Waals surface area (Å²) in [4.78, 5) is 30.3. The van der Waals surface area contributed by atoms with Crippen LogP contribution in [0, 0.1) is 0 Å². The number of aromatic nitrogens is 2. The molecule has 4 rings (SSSR count). The molecule has 1 saturated carbocycles. The molecule has 0 radical (unpaired) electrons. The number of nitrogens with zero attached hydrogens (tertiary/aromatic N) is 2. The molecule has 3 aromatic rings. The number of thioether (sulfide) groups is 1. The Morgan fingerprint density at radius 3 is 2.76 bits per heavy atom. The van der Waals surface area contributed by atoms with Gasteiger partial charge in [-0.25, -0.2) is 4.98 Å². The van der Waals surface area contributed by atoms with E-state index >= 15 is 0 Å². The molecule has 0 atom stereocenters. The Hall–Kier alpha value is -1.83. The van der Waals surface area contributed by atoms with E-state index in [9.17, 15) is 9.59 Å². The lowest BCUT2D eigenvalue weighted by Crippen LogP contribution is -2.27. The summed E-state index contributed by atoms with van der Waals surface area (Å²) in [6, 6.07) is 12.8. The van der Waals surface area contributed by atoms with Gasteiger partial charge in [-0.05, 0) is 43.2 Å². The Balaban J connectivity index is 1.59. The van der Waals surface area contributed by atoms with Crippen LogP contribution in [-0.4, -0.2) is 21.2 Å². The number of benzene rings is 2. The number of hydrogen-bond acceptors (Lipinski definition) is 4. The zero-order valence-corrected chi connectivity index (χ0v) is 18.7. The number of hydrogen-bond donors (Lipinski definition) is 1. The average molecular weight is 493 g/mol. The van der Waals surface area contributed by atoms with Gasteiger partial charge >= 0.3 is 0 Å². The fraction of sp³-hybridized carbons (Fsp3) is 0.286. The largest absolute Gasteiger partial charge is 0.324 e. The second-order valence-electron chi connectivity index (χ2n) is 6.99. The van der Waals surface area contributed by atoms with Gasteiger partial charge in [-0.2, -0.15) is 0 Å². The molecule has 1 N–H and O–H groups in total. The van der Waals surface area contributed by atoms with Crippen molar-refractivity contribution in [1.29, 1.82) is 0 Å². The fourth-order valence-electron chi connectivity index (χ4n) is 3.62. The normalized spacial score (nSPS) is 14.4. The zero-order valence-electron chi connectivity index (χ0n) is 15.5.